The van der Waals surface area contributed by atoms with E-state index in [0.29, 0.717) is 28.9 Å². The quantitative estimate of drug-likeness (QED) is 0.786. The van der Waals surface area contributed by atoms with Gasteiger partial charge in [0.2, 0.25) is 0 Å². The number of hydrogen-bond donors (Lipinski definition) is 1. The molecule has 1 N–H and O–H groups in total. The molecule has 1 rings (SSSR count). The molecule has 2 atom stereocenters. The van der Waals surface area contributed by atoms with Gasteiger partial charge in [0.25, 0.3) is 0 Å². The van der Waals surface area contributed by atoms with E-state index < -0.39 is 9.84 Å². The Bertz CT molecular complexity index is 387. The Morgan fingerprint density at radius 3 is 2.45 bits per heavy atom. The van der Waals surface area contributed by atoms with E-state index in [0.717, 1.165) is 25.9 Å². The summed E-state index contributed by atoms with van der Waals surface area (Å²) < 4.78 is 22.9. The number of sulfone groups is 1. The van der Waals surface area contributed by atoms with Crippen molar-refractivity contribution in [2.24, 2.45) is 23.2 Å². The van der Waals surface area contributed by atoms with E-state index in [2.05, 4.69) is 33.0 Å². The molecule has 1 aliphatic rings. The van der Waals surface area contributed by atoms with Crippen LogP contribution in [0.2, 0.25) is 0 Å². The van der Waals surface area contributed by atoms with Crippen molar-refractivity contribution >= 4 is 9.84 Å². The van der Waals surface area contributed by atoms with Crippen LogP contribution < -0.4 is 5.32 Å². The zero-order valence-electron chi connectivity index (χ0n) is 13.9. The topological polar surface area (TPSA) is 46.2 Å². The van der Waals surface area contributed by atoms with E-state index in [4.69, 9.17) is 0 Å². The first-order chi connectivity index (χ1) is 9.09. The predicted octanol–water partition coefficient (Wildman–Crippen LogP) is 3.11. The van der Waals surface area contributed by atoms with Crippen molar-refractivity contribution in [2.45, 2.75) is 53.4 Å². The van der Waals surface area contributed by atoms with Crippen LogP contribution in [-0.4, -0.2) is 33.5 Å². The highest BCUT2D eigenvalue weighted by molar-refractivity contribution is 7.90. The molecule has 0 aromatic carbocycles. The molecule has 0 heterocycles. The second-order valence-corrected chi connectivity index (χ2v) is 10.2. The van der Waals surface area contributed by atoms with E-state index in [1.54, 1.807) is 0 Å². The van der Waals surface area contributed by atoms with Gasteiger partial charge < -0.3 is 5.32 Å². The molecule has 0 amide bonds. The smallest absolute Gasteiger partial charge is 0.147 e. The molecule has 0 saturated heterocycles. The fourth-order valence-electron chi connectivity index (χ4n) is 3.32. The highest BCUT2D eigenvalue weighted by atomic mass is 32.2. The van der Waals surface area contributed by atoms with Gasteiger partial charge in [-0.15, -0.1) is 0 Å². The summed E-state index contributed by atoms with van der Waals surface area (Å²) in [4.78, 5) is 0. The molecule has 120 valence electrons. The van der Waals surface area contributed by atoms with Crippen molar-refractivity contribution < 1.29 is 8.42 Å². The highest BCUT2D eigenvalue weighted by Crippen LogP contribution is 2.43. The van der Waals surface area contributed by atoms with Gasteiger partial charge in [0, 0.05) is 6.26 Å². The van der Waals surface area contributed by atoms with E-state index in [9.17, 15) is 8.42 Å². The van der Waals surface area contributed by atoms with Crippen molar-refractivity contribution in [3.63, 3.8) is 0 Å². The maximum atomic E-state index is 11.4. The maximum absolute atomic E-state index is 11.4. The molecular formula is C16H33NO2S. The number of rotatable bonds is 7. The van der Waals surface area contributed by atoms with Crippen molar-refractivity contribution in [1.29, 1.82) is 0 Å². The predicted molar refractivity (Wildman–Crippen MR) is 86.6 cm³/mol. The zero-order chi connectivity index (χ0) is 15.4. The van der Waals surface area contributed by atoms with E-state index >= 15 is 0 Å². The Hall–Kier alpha value is -0.0900. The Balaban J connectivity index is 2.55. The van der Waals surface area contributed by atoms with E-state index in [1.807, 2.05) is 0 Å². The first kappa shape index (κ1) is 18.0. The third-order valence-corrected chi connectivity index (χ3v) is 5.47. The van der Waals surface area contributed by atoms with Gasteiger partial charge in [-0.3, -0.25) is 0 Å². The van der Waals surface area contributed by atoms with Crippen LogP contribution in [0, 0.1) is 23.2 Å². The van der Waals surface area contributed by atoms with Gasteiger partial charge in [-0.1, -0.05) is 27.7 Å². The monoisotopic (exact) mass is 303 g/mol. The molecule has 3 nitrogen and oxygen atoms in total. The van der Waals surface area contributed by atoms with Crippen LogP contribution in [0.4, 0.5) is 0 Å². The van der Waals surface area contributed by atoms with Crippen LogP contribution in [0.15, 0.2) is 0 Å². The summed E-state index contributed by atoms with van der Waals surface area (Å²) >= 11 is 0. The van der Waals surface area contributed by atoms with E-state index in [1.165, 1.54) is 19.1 Å². The summed E-state index contributed by atoms with van der Waals surface area (Å²) in [5, 5.41) is 3.56. The second-order valence-electron chi connectivity index (χ2n) is 7.90. The standard InChI is InChI=1S/C16H33NO2S/c1-13(2)11-17-12-15-6-8-16(3,4)10-14(15)7-9-20(5,18)19/h13-15,17H,6-12H2,1-5H3. The van der Waals surface area contributed by atoms with Crippen molar-refractivity contribution in [3.05, 3.63) is 0 Å². The molecule has 0 aliphatic heterocycles. The molecule has 2 unspecified atom stereocenters. The molecular weight excluding hydrogens is 270 g/mol. The second kappa shape index (κ2) is 7.26. The third-order valence-electron chi connectivity index (χ3n) is 4.49. The average molecular weight is 304 g/mol. The molecule has 1 aliphatic carbocycles. The lowest BCUT2D eigenvalue weighted by Gasteiger charge is -2.41. The molecule has 1 fully saturated rings. The molecule has 1 saturated carbocycles. The summed E-state index contributed by atoms with van der Waals surface area (Å²) in [6, 6.07) is 0. The minimum atomic E-state index is -2.84. The van der Waals surface area contributed by atoms with Crippen molar-refractivity contribution in [1.82, 2.24) is 5.32 Å². The highest BCUT2D eigenvalue weighted by Gasteiger charge is 2.34. The Kier molecular flexibility index (Phi) is 6.52. The van der Waals surface area contributed by atoms with Gasteiger partial charge in [0.15, 0.2) is 0 Å². The van der Waals surface area contributed by atoms with E-state index in [-0.39, 0.29) is 0 Å². The SMILES string of the molecule is CC(C)CNCC1CCC(C)(C)CC1CCS(C)(=O)=O. The summed E-state index contributed by atoms with van der Waals surface area (Å²) in [7, 11) is -2.84. The van der Waals surface area contributed by atoms with Gasteiger partial charge in [0.05, 0.1) is 5.75 Å². The zero-order valence-corrected chi connectivity index (χ0v) is 14.7. The molecule has 4 heteroatoms. The number of hydrogen-bond acceptors (Lipinski definition) is 3. The lowest BCUT2D eigenvalue weighted by molar-refractivity contribution is 0.113. The Labute approximate surface area is 125 Å². The Morgan fingerprint density at radius 1 is 1.25 bits per heavy atom. The summed E-state index contributed by atoms with van der Waals surface area (Å²) in [5.74, 6) is 2.20. The first-order valence-electron chi connectivity index (χ1n) is 7.97. The van der Waals surface area contributed by atoms with Gasteiger partial charge in [-0.25, -0.2) is 8.42 Å². The van der Waals surface area contributed by atoms with Crippen LogP contribution in [0.1, 0.15) is 53.4 Å². The first-order valence-corrected chi connectivity index (χ1v) is 10.0. The van der Waals surface area contributed by atoms with Gasteiger partial charge in [-0.2, -0.15) is 0 Å². The largest absolute Gasteiger partial charge is 0.316 e. The average Bonchev–Trinajstić information content (AvgIpc) is 2.27. The van der Waals surface area contributed by atoms with Gasteiger partial charge in [-0.05, 0) is 61.9 Å². The lowest BCUT2D eigenvalue weighted by Crippen LogP contribution is -2.37. The molecule has 20 heavy (non-hydrogen) atoms. The van der Waals surface area contributed by atoms with Gasteiger partial charge >= 0.3 is 0 Å². The molecule has 0 aromatic rings. The van der Waals surface area contributed by atoms with Crippen LogP contribution in [0.25, 0.3) is 0 Å². The Morgan fingerprint density at radius 2 is 1.90 bits per heavy atom. The molecule has 0 spiro atoms. The van der Waals surface area contributed by atoms with Crippen molar-refractivity contribution in [2.75, 3.05) is 25.1 Å². The third kappa shape index (κ3) is 7.07. The summed E-state index contributed by atoms with van der Waals surface area (Å²) in [6.07, 6.45) is 5.84. The summed E-state index contributed by atoms with van der Waals surface area (Å²) in [6.45, 7) is 11.2. The molecule has 0 aromatic heterocycles. The van der Waals surface area contributed by atoms with Gasteiger partial charge in [0.1, 0.15) is 9.84 Å². The van der Waals surface area contributed by atoms with Crippen LogP contribution in [-0.2, 0) is 9.84 Å². The van der Waals surface area contributed by atoms with Crippen LogP contribution in [0.3, 0.4) is 0 Å². The van der Waals surface area contributed by atoms with Crippen LogP contribution >= 0.6 is 0 Å². The summed E-state index contributed by atoms with van der Waals surface area (Å²) in [5.41, 5.74) is 0.372. The lowest BCUT2D eigenvalue weighted by atomic mass is 9.66. The maximum Gasteiger partial charge on any atom is 0.147 e. The van der Waals surface area contributed by atoms with Crippen molar-refractivity contribution in [3.8, 4) is 0 Å². The molecule has 0 bridgehead atoms. The molecule has 0 radical (unpaired) electrons. The van der Waals surface area contributed by atoms with Crippen LogP contribution in [0.5, 0.6) is 0 Å². The number of nitrogens with one attached hydrogen (secondary N) is 1. The normalized spacial score (nSPS) is 26.9. The fraction of sp³-hybridized carbons (Fsp3) is 1.00. The minimum absolute atomic E-state index is 0.342. The fourth-order valence-corrected chi connectivity index (χ4v) is 4.05. The minimum Gasteiger partial charge on any atom is -0.316 e.